The first kappa shape index (κ1) is 24.4. The molecule has 6 heteroatoms. The van der Waals surface area contributed by atoms with Crippen LogP contribution in [0, 0.1) is 0 Å². The number of hydrogen-bond acceptors (Lipinski definition) is 4. The topological polar surface area (TPSA) is 52.1 Å². The molecule has 0 aromatic rings. The molecular weight excluding hydrogens is 362 g/mol. The Morgan fingerprint density at radius 1 is 0.966 bits per heavy atom. The monoisotopic (exact) mass is 409 g/mol. The zero-order valence-electron chi connectivity index (χ0n) is 19.4. The van der Waals surface area contributed by atoms with E-state index >= 15 is 0 Å². The van der Waals surface area contributed by atoms with Crippen LogP contribution in [0.5, 0.6) is 0 Å². The van der Waals surface area contributed by atoms with Gasteiger partial charge in [0.15, 0.2) is 5.96 Å². The van der Waals surface area contributed by atoms with Gasteiger partial charge in [-0.15, -0.1) is 0 Å². The Morgan fingerprint density at radius 2 is 1.69 bits per heavy atom. The van der Waals surface area contributed by atoms with E-state index in [-0.39, 0.29) is 0 Å². The van der Waals surface area contributed by atoms with Crippen molar-refractivity contribution in [3.05, 3.63) is 0 Å². The summed E-state index contributed by atoms with van der Waals surface area (Å²) in [6, 6.07) is 0.536. The van der Waals surface area contributed by atoms with E-state index in [1.807, 2.05) is 0 Å². The van der Waals surface area contributed by atoms with E-state index in [0.717, 1.165) is 45.3 Å². The van der Waals surface area contributed by atoms with Gasteiger partial charge in [-0.1, -0.05) is 12.8 Å². The van der Waals surface area contributed by atoms with Crippen molar-refractivity contribution in [3.8, 4) is 0 Å². The smallest absolute Gasteiger partial charge is 0.191 e. The lowest BCUT2D eigenvalue weighted by Gasteiger charge is -2.33. The lowest BCUT2D eigenvalue weighted by atomic mass is 10.1. The summed E-state index contributed by atoms with van der Waals surface area (Å²) >= 11 is 0. The molecule has 2 N–H and O–H groups in total. The Hall–Kier alpha value is -0.850. The van der Waals surface area contributed by atoms with Crippen LogP contribution in [-0.2, 0) is 4.74 Å². The van der Waals surface area contributed by atoms with Crippen LogP contribution in [0.4, 0.5) is 0 Å². The molecule has 2 saturated heterocycles. The number of likely N-dealkylation sites (tertiary alicyclic amines) is 2. The number of unbranched alkanes of at least 4 members (excludes halogenated alkanes) is 2. The summed E-state index contributed by atoms with van der Waals surface area (Å²) in [5.41, 5.74) is 0. The van der Waals surface area contributed by atoms with Gasteiger partial charge >= 0.3 is 0 Å². The number of nitrogens with one attached hydrogen (secondary N) is 2. The van der Waals surface area contributed by atoms with Gasteiger partial charge in [0.2, 0.25) is 0 Å². The van der Waals surface area contributed by atoms with Crippen LogP contribution in [0.3, 0.4) is 0 Å². The first-order valence-corrected chi connectivity index (χ1v) is 12.3. The number of piperidine rings is 2. The summed E-state index contributed by atoms with van der Waals surface area (Å²) in [7, 11) is 0. The first-order valence-electron chi connectivity index (χ1n) is 12.3. The largest absolute Gasteiger partial charge is 0.377 e. The molecule has 0 radical (unpaired) electrons. The Labute approximate surface area is 179 Å². The van der Waals surface area contributed by atoms with Gasteiger partial charge in [0.25, 0.3) is 0 Å². The van der Waals surface area contributed by atoms with E-state index in [1.54, 1.807) is 0 Å². The van der Waals surface area contributed by atoms with Crippen molar-refractivity contribution in [1.82, 2.24) is 20.4 Å². The standard InChI is InChI=1S/C23H47N5O/c1-4-24-23(25-13-7-5-8-14-27-15-9-6-10-16-27)26-22-11-17-28(18-12-22)19-20-29-21(2)3/h21-22H,4-20H2,1-3H3,(H2,24,25,26). The molecule has 2 aliphatic rings. The number of rotatable bonds is 12. The lowest BCUT2D eigenvalue weighted by molar-refractivity contribution is 0.0532. The van der Waals surface area contributed by atoms with E-state index in [1.165, 1.54) is 71.0 Å². The number of hydrogen-bond donors (Lipinski definition) is 2. The minimum atomic E-state index is 0.331. The number of aliphatic imine (C=N–C) groups is 1. The number of ether oxygens (including phenoxy) is 1. The molecule has 0 unspecified atom stereocenters. The van der Waals surface area contributed by atoms with E-state index in [2.05, 4.69) is 41.2 Å². The van der Waals surface area contributed by atoms with Crippen LogP contribution in [0.25, 0.3) is 0 Å². The summed E-state index contributed by atoms with van der Waals surface area (Å²) in [4.78, 5) is 9.99. The van der Waals surface area contributed by atoms with Crippen molar-refractivity contribution in [2.45, 2.75) is 84.3 Å². The summed E-state index contributed by atoms with van der Waals surface area (Å²) in [6.07, 6.45) is 10.7. The van der Waals surface area contributed by atoms with Crippen LogP contribution in [-0.4, -0.2) is 86.9 Å². The van der Waals surface area contributed by atoms with Gasteiger partial charge in [-0.3, -0.25) is 4.99 Å². The van der Waals surface area contributed by atoms with Crippen LogP contribution < -0.4 is 10.6 Å². The molecule has 0 aromatic carbocycles. The Morgan fingerprint density at radius 3 is 2.38 bits per heavy atom. The predicted molar refractivity (Wildman–Crippen MR) is 124 cm³/mol. The van der Waals surface area contributed by atoms with Crippen molar-refractivity contribution in [2.24, 2.45) is 4.99 Å². The third-order valence-corrected chi connectivity index (χ3v) is 5.98. The van der Waals surface area contributed by atoms with Crippen molar-refractivity contribution in [1.29, 1.82) is 0 Å². The van der Waals surface area contributed by atoms with Crippen LogP contribution >= 0.6 is 0 Å². The van der Waals surface area contributed by atoms with Gasteiger partial charge in [0, 0.05) is 38.8 Å². The minimum absolute atomic E-state index is 0.331. The van der Waals surface area contributed by atoms with Crippen LogP contribution in [0.2, 0.25) is 0 Å². The fourth-order valence-corrected chi connectivity index (χ4v) is 4.23. The van der Waals surface area contributed by atoms with Crippen LogP contribution in [0.1, 0.15) is 72.1 Å². The lowest BCUT2D eigenvalue weighted by Crippen LogP contribution is -2.49. The molecule has 0 spiro atoms. The maximum atomic E-state index is 5.69. The highest BCUT2D eigenvalue weighted by atomic mass is 16.5. The molecule has 0 amide bonds. The molecule has 0 atom stereocenters. The molecule has 0 aromatic heterocycles. The van der Waals surface area contributed by atoms with Gasteiger partial charge in [-0.05, 0) is 78.9 Å². The van der Waals surface area contributed by atoms with Gasteiger partial charge in [-0.2, -0.15) is 0 Å². The minimum Gasteiger partial charge on any atom is -0.377 e. The Balaban J connectivity index is 1.57. The maximum Gasteiger partial charge on any atom is 0.191 e. The van der Waals surface area contributed by atoms with Crippen molar-refractivity contribution >= 4 is 5.96 Å². The molecule has 170 valence electrons. The highest BCUT2D eigenvalue weighted by molar-refractivity contribution is 5.80. The third kappa shape index (κ3) is 11.2. The normalized spacial score (nSPS) is 20.3. The van der Waals surface area contributed by atoms with Gasteiger partial charge in [0.05, 0.1) is 12.7 Å². The zero-order chi connectivity index (χ0) is 20.7. The molecule has 2 fully saturated rings. The molecule has 2 heterocycles. The SMILES string of the molecule is CCNC(=NCCCCCN1CCCCC1)NC1CCN(CCOC(C)C)CC1. The van der Waals surface area contributed by atoms with Gasteiger partial charge in [-0.25, -0.2) is 0 Å². The average molecular weight is 410 g/mol. The quantitative estimate of drug-likeness (QED) is 0.295. The predicted octanol–water partition coefficient (Wildman–Crippen LogP) is 3.09. The molecule has 0 bridgehead atoms. The summed E-state index contributed by atoms with van der Waals surface area (Å²) in [6.45, 7) is 16.3. The maximum absolute atomic E-state index is 5.69. The first-order chi connectivity index (χ1) is 14.2. The molecule has 2 aliphatic heterocycles. The summed E-state index contributed by atoms with van der Waals surface area (Å²) in [5.74, 6) is 1.00. The molecule has 0 saturated carbocycles. The average Bonchev–Trinajstić information content (AvgIpc) is 2.72. The molecule has 6 nitrogen and oxygen atoms in total. The second kappa shape index (κ2) is 15.0. The zero-order valence-corrected chi connectivity index (χ0v) is 19.4. The fraction of sp³-hybridized carbons (Fsp3) is 0.957. The fourth-order valence-electron chi connectivity index (χ4n) is 4.23. The van der Waals surface area contributed by atoms with Crippen molar-refractivity contribution in [3.63, 3.8) is 0 Å². The second-order valence-corrected chi connectivity index (χ2v) is 8.90. The molecular formula is C23H47N5O. The number of nitrogens with zero attached hydrogens (tertiary/aromatic N) is 3. The van der Waals surface area contributed by atoms with Gasteiger partial charge < -0.3 is 25.2 Å². The highest BCUT2D eigenvalue weighted by Gasteiger charge is 2.19. The number of guanidine groups is 1. The Bertz CT molecular complexity index is 429. The second-order valence-electron chi connectivity index (χ2n) is 8.90. The molecule has 0 aliphatic carbocycles. The van der Waals surface area contributed by atoms with E-state index in [0.29, 0.717) is 12.1 Å². The highest BCUT2D eigenvalue weighted by Crippen LogP contribution is 2.11. The van der Waals surface area contributed by atoms with Gasteiger partial charge in [0.1, 0.15) is 0 Å². The Kier molecular flexibility index (Phi) is 12.7. The van der Waals surface area contributed by atoms with Crippen molar-refractivity contribution < 1.29 is 4.74 Å². The third-order valence-electron chi connectivity index (χ3n) is 5.98. The van der Waals surface area contributed by atoms with E-state index in [9.17, 15) is 0 Å². The van der Waals surface area contributed by atoms with Crippen molar-refractivity contribution in [2.75, 3.05) is 59.0 Å². The van der Waals surface area contributed by atoms with Crippen LogP contribution in [0.15, 0.2) is 4.99 Å². The summed E-state index contributed by atoms with van der Waals surface area (Å²) < 4.78 is 5.69. The van der Waals surface area contributed by atoms with E-state index < -0.39 is 0 Å². The van der Waals surface area contributed by atoms with E-state index in [4.69, 9.17) is 9.73 Å². The molecule has 29 heavy (non-hydrogen) atoms. The summed E-state index contributed by atoms with van der Waals surface area (Å²) in [5, 5.41) is 7.09. The molecule has 2 rings (SSSR count).